The molecule has 0 radical (unpaired) electrons. The lowest BCUT2D eigenvalue weighted by atomic mass is 10.1. The van der Waals surface area contributed by atoms with Crippen LogP contribution in [0.25, 0.3) is 16.3 Å². The first kappa shape index (κ1) is 24.3. The van der Waals surface area contributed by atoms with Crippen LogP contribution in [0.5, 0.6) is 0 Å². The van der Waals surface area contributed by atoms with Crippen LogP contribution in [0.2, 0.25) is 0 Å². The summed E-state index contributed by atoms with van der Waals surface area (Å²) >= 11 is 2.80. The van der Waals surface area contributed by atoms with Gasteiger partial charge < -0.3 is 4.40 Å². The lowest BCUT2D eigenvalue weighted by Gasteiger charge is -2.10. The van der Waals surface area contributed by atoms with Crippen molar-refractivity contribution >= 4 is 50.7 Å². The second kappa shape index (κ2) is 10.7. The molecule has 0 fully saturated rings. The van der Waals surface area contributed by atoms with Gasteiger partial charge in [-0.1, -0.05) is 109 Å². The molecule has 184 valence electrons. The minimum Gasteiger partial charge on any atom is -0.312 e. The summed E-state index contributed by atoms with van der Waals surface area (Å²) in [4.78, 5) is 28.9. The molecule has 6 aromatic rings. The summed E-state index contributed by atoms with van der Waals surface area (Å²) in [6.45, 7) is 0. The van der Waals surface area contributed by atoms with Crippen LogP contribution in [0.1, 0.15) is 32.0 Å². The predicted octanol–water partition coefficient (Wildman–Crippen LogP) is 8.55. The maximum absolute atomic E-state index is 13.9. The number of ketones is 1. The van der Waals surface area contributed by atoms with Crippen molar-refractivity contribution in [3.63, 3.8) is 0 Å². The Morgan fingerprint density at radius 1 is 0.632 bits per heavy atom. The molecule has 4 aromatic carbocycles. The zero-order chi connectivity index (χ0) is 25.9. The SMILES string of the molecule is O=C(Sc1c(SCc2cccc3ccccc23)c(C(=O)c2ccccc2)n2ccccc12)c1ccccc1. The number of nitrogens with zero attached hydrogens (tertiary/aromatic N) is 1. The second-order valence-corrected chi connectivity index (χ2v) is 10.8. The average Bonchev–Trinajstić information content (AvgIpc) is 3.29. The van der Waals surface area contributed by atoms with Crippen LogP contribution in [0.15, 0.2) is 137 Å². The molecule has 3 nitrogen and oxygen atoms in total. The van der Waals surface area contributed by atoms with Crippen molar-refractivity contribution in [3.8, 4) is 0 Å². The van der Waals surface area contributed by atoms with Gasteiger partial charge in [-0.3, -0.25) is 9.59 Å². The Bertz CT molecular complexity index is 1770. The Morgan fingerprint density at radius 3 is 2.08 bits per heavy atom. The van der Waals surface area contributed by atoms with Gasteiger partial charge in [0.25, 0.3) is 0 Å². The predicted molar refractivity (Wildman–Crippen MR) is 157 cm³/mol. The third-order valence-corrected chi connectivity index (χ3v) is 8.77. The minimum absolute atomic E-state index is 0.0484. The fourth-order valence-electron chi connectivity index (χ4n) is 4.62. The van der Waals surface area contributed by atoms with E-state index in [1.54, 1.807) is 11.8 Å². The van der Waals surface area contributed by atoms with E-state index in [1.165, 1.54) is 28.1 Å². The molecule has 0 bridgehead atoms. The van der Waals surface area contributed by atoms with E-state index in [9.17, 15) is 9.59 Å². The maximum Gasteiger partial charge on any atom is 0.224 e. The summed E-state index contributed by atoms with van der Waals surface area (Å²) in [6.07, 6.45) is 1.91. The van der Waals surface area contributed by atoms with Crippen LogP contribution in [0.4, 0.5) is 0 Å². The molecule has 38 heavy (non-hydrogen) atoms. The van der Waals surface area contributed by atoms with E-state index in [1.807, 2.05) is 102 Å². The zero-order valence-corrected chi connectivity index (χ0v) is 22.0. The fourth-order valence-corrected chi connectivity index (χ4v) is 6.94. The Balaban J connectivity index is 1.49. The van der Waals surface area contributed by atoms with Crippen molar-refractivity contribution in [3.05, 3.63) is 150 Å². The zero-order valence-electron chi connectivity index (χ0n) is 20.4. The van der Waals surface area contributed by atoms with Gasteiger partial charge in [-0.05, 0) is 40.2 Å². The topological polar surface area (TPSA) is 38.5 Å². The van der Waals surface area contributed by atoms with Gasteiger partial charge in [0.1, 0.15) is 5.69 Å². The first-order valence-electron chi connectivity index (χ1n) is 12.3. The molecule has 0 unspecified atom stereocenters. The number of hydrogen-bond donors (Lipinski definition) is 0. The van der Waals surface area contributed by atoms with E-state index >= 15 is 0 Å². The third kappa shape index (κ3) is 4.67. The Labute approximate surface area is 229 Å². The van der Waals surface area contributed by atoms with Gasteiger partial charge in [0, 0.05) is 23.1 Å². The standard InChI is InChI=1S/C33H23NO2S2/c35-30(24-13-3-1-4-14-24)29-32(37-22-26-18-11-17-23-12-7-8-19-27(23)26)31(28-20-9-10-21-34(28)29)38-33(36)25-15-5-2-6-16-25/h1-21H,22H2. The highest BCUT2D eigenvalue weighted by molar-refractivity contribution is 8.14. The quantitative estimate of drug-likeness (QED) is 0.153. The van der Waals surface area contributed by atoms with Gasteiger partial charge in [-0.15, -0.1) is 11.8 Å². The molecule has 0 saturated carbocycles. The third-order valence-electron chi connectivity index (χ3n) is 6.46. The van der Waals surface area contributed by atoms with Gasteiger partial charge in [0.05, 0.1) is 15.3 Å². The smallest absolute Gasteiger partial charge is 0.224 e. The summed E-state index contributed by atoms with van der Waals surface area (Å²) in [5.41, 5.74) is 3.87. The van der Waals surface area contributed by atoms with Crippen molar-refractivity contribution in [2.24, 2.45) is 0 Å². The van der Waals surface area contributed by atoms with Crippen molar-refractivity contribution in [1.29, 1.82) is 0 Å². The first-order valence-corrected chi connectivity index (χ1v) is 14.1. The van der Waals surface area contributed by atoms with Crippen molar-refractivity contribution in [2.45, 2.75) is 15.5 Å². The van der Waals surface area contributed by atoms with E-state index in [0.29, 0.717) is 22.6 Å². The molecule has 0 saturated heterocycles. The van der Waals surface area contributed by atoms with Crippen LogP contribution in [-0.4, -0.2) is 15.3 Å². The lowest BCUT2D eigenvalue weighted by molar-refractivity contribution is 0.102. The highest BCUT2D eigenvalue weighted by Gasteiger charge is 2.27. The molecule has 2 heterocycles. The largest absolute Gasteiger partial charge is 0.312 e. The summed E-state index contributed by atoms with van der Waals surface area (Å²) in [6, 6.07) is 39.1. The molecule has 0 atom stereocenters. The molecule has 5 heteroatoms. The van der Waals surface area contributed by atoms with Crippen LogP contribution >= 0.6 is 23.5 Å². The van der Waals surface area contributed by atoms with Gasteiger partial charge in [-0.2, -0.15) is 0 Å². The minimum atomic E-state index is -0.0637. The molecule has 2 aromatic heterocycles. The van der Waals surface area contributed by atoms with E-state index < -0.39 is 0 Å². The molecular formula is C33H23NO2S2. The van der Waals surface area contributed by atoms with E-state index in [0.717, 1.165) is 15.3 Å². The molecule has 0 aliphatic rings. The summed E-state index contributed by atoms with van der Waals surface area (Å²) in [5.74, 6) is 0.603. The molecular weight excluding hydrogens is 507 g/mol. The number of thioether (sulfide) groups is 2. The van der Waals surface area contributed by atoms with E-state index in [4.69, 9.17) is 0 Å². The van der Waals surface area contributed by atoms with Crippen molar-refractivity contribution in [1.82, 2.24) is 4.40 Å². The highest BCUT2D eigenvalue weighted by Crippen LogP contribution is 2.43. The number of carbonyl (C=O) groups excluding carboxylic acids is 2. The molecule has 0 aliphatic heterocycles. The van der Waals surface area contributed by atoms with Gasteiger partial charge >= 0.3 is 0 Å². The number of fused-ring (bicyclic) bond motifs is 2. The van der Waals surface area contributed by atoms with Crippen molar-refractivity contribution in [2.75, 3.05) is 0 Å². The van der Waals surface area contributed by atoms with Crippen molar-refractivity contribution < 1.29 is 9.59 Å². The van der Waals surface area contributed by atoms with E-state index in [2.05, 4.69) is 30.3 Å². The van der Waals surface area contributed by atoms with Crippen LogP contribution in [-0.2, 0) is 5.75 Å². The lowest BCUT2D eigenvalue weighted by Crippen LogP contribution is -2.06. The maximum atomic E-state index is 13.9. The van der Waals surface area contributed by atoms with Gasteiger partial charge in [0.15, 0.2) is 0 Å². The first-order chi connectivity index (χ1) is 18.7. The normalized spacial score (nSPS) is 11.2. The summed E-state index contributed by atoms with van der Waals surface area (Å²) in [7, 11) is 0. The number of pyridine rings is 1. The number of aromatic nitrogens is 1. The Hall–Kier alpha value is -4.06. The highest BCUT2D eigenvalue weighted by atomic mass is 32.2. The Morgan fingerprint density at radius 2 is 1.29 bits per heavy atom. The van der Waals surface area contributed by atoms with Crippen LogP contribution in [0, 0.1) is 0 Å². The molecule has 0 aliphatic carbocycles. The molecule has 6 rings (SSSR count). The number of hydrogen-bond acceptors (Lipinski definition) is 4. The second-order valence-electron chi connectivity index (χ2n) is 8.84. The summed E-state index contributed by atoms with van der Waals surface area (Å²) in [5, 5.41) is 2.33. The van der Waals surface area contributed by atoms with Crippen LogP contribution in [0.3, 0.4) is 0 Å². The molecule has 0 amide bonds. The number of carbonyl (C=O) groups is 2. The summed E-state index contributed by atoms with van der Waals surface area (Å²) < 4.78 is 1.93. The fraction of sp³-hybridized carbons (Fsp3) is 0.0303. The number of rotatable bonds is 7. The van der Waals surface area contributed by atoms with Gasteiger partial charge in [-0.25, -0.2) is 0 Å². The van der Waals surface area contributed by atoms with Crippen LogP contribution < -0.4 is 0 Å². The van der Waals surface area contributed by atoms with E-state index in [-0.39, 0.29) is 10.9 Å². The number of benzene rings is 4. The average molecular weight is 530 g/mol. The Kier molecular flexibility index (Phi) is 6.86. The molecule has 0 spiro atoms. The molecule has 0 N–H and O–H groups in total. The van der Waals surface area contributed by atoms with Gasteiger partial charge in [0.2, 0.25) is 10.9 Å². The monoisotopic (exact) mass is 529 g/mol.